The van der Waals surface area contributed by atoms with Crippen molar-refractivity contribution in [2.75, 3.05) is 59.7 Å². The Balaban J connectivity index is 1.66. The molecule has 0 aliphatic carbocycles. The number of hydrogen-bond acceptors (Lipinski definition) is 5. The van der Waals surface area contributed by atoms with Crippen LogP contribution in [0.4, 0.5) is 0 Å². The predicted octanol–water partition coefficient (Wildman–Crippen LogP) is 0.399. The van der Waals surface area contributed by atoms with Crippen molar-refractivity contribution < 1.29 is 23.8 Å². The average Bonchev–Trinajstić information content (AvgIpc) is 2.64. The van der Waals surface area contributed by atoms with Crippen LogP contribution in [0.25, 0.3) is 0 Å². The van der Waals surface area contributed by atoms with Crippen molar-refractivity contribution in [2.45, 2.75) is 0 Å². The Morgan fingerprint density at radius 2 is 1.50 bits per heavy atom. The Labute approximate surface area is 142 Å². The number of nitrogens with zero attached hydrogens (tertiary/aromatic N) is 2. The fourth-order valence-electron chi connectivity index (χ4n) is 2.35. The van der Waals surface area contributed by atoms with Crippen LogP contribution >= 0.6 is 0 Å². The van der Waals surface area contributed by atoms with E-state index in [2.05, 4.69) is 0 Å². The second kappa shape index (κ2) is 9.89. The molecule has 0 spiro atoms. The van der Waals surface area contributed by atoms with Gasteiger partial charge in [0.05, 0.1) is 13.2 Å². The van der Waals surface area contributed by atoms with Gasteiger partial charge in [-0.25, -0.2) is 0 Å². The van der Waals surface area contributed by atoms with Crippen LogP contribution < -0.4 is 4.74 Å². The Kier molecular flexibility index (Phi) is 7.51. The number of carbonyl (C=O) groups is 2. The van der Waals surface area contributed by atoms with Crippen LogP contribution in [0.2, 0.25) is 0 Å². The standard InChI is InChI=1S/C17H24N2O5/c1-22-11-12-23-13-16(20)18-7-9-19(10-8-18)17(21)14-24-15-5-3-2-4-6-15/h2-6H,7-14H2,1H3. The predicted molar refractivity (Wildman–Crippen MR) is 87.8 cm³/mol. The second-order valence-electron chi connectivity index (χ2n) is 5.41. The van der Waals surface area contributed by atoms with Crippen molar-refractivity contribution >= 4 is 11.8 Å². The minimum Gasteiger partial charge on any atom is -0.484 e. The van der Waals surface area contributed by atoms with Crippen molar-refractivity contribution in [1.29, 1.82) is 0 Å². The van der Waals surface area contributed by atoms with Crippen LogP contribution in [0.1, 0.15) is 0 Å². The number of para-hydroxylation sites is 1. The highest BCUT2D eigenvalue weighted by molar-refractivity contribution is 5.79. The molecule has 1 saturated heterocycles. The van der Waals surface area contributed by atoms with Crippen LogP contribution in [-0.4, -0.2) is 81.3 Å². The Hall–Kier alpha value is -2.12. The van der Waals surface area contributed by atoms with Crippen LogP contribution in [0, 0.1) is 0 Å². The molecule has 24 heavy (non-hydrogen) atoms. The van der Waals surface area contributed by atoms with Gasteiger partial charge in [-0.05, 0) is 12.1 Å². The number of rotatable bonds is 8. The molecule has 0 aromatic heterocycles. The average molecular weight is 336 g/mol. The molecule has 0 radical (unpaired) electrons. The van der Waals surface area contributed by atoms with Crippen molar-refractivity contribution in [3.05, 3.63) is 30.3 Å². The molecule has 1 aliphatic heterocycles. The third kappa shape index (κ3) is 5.82. The molecule has 7 heteroatoms. The zero-order valence-electron chi connectivity index (χ0n) is 14.0. The van der Waals surface area contributed by atoms with Crippen molar-refractivity contribution in [3.63, 3.8) is 0 Å². The minimum atomic E-state index is -0.0673. The maximum absolute atomic E-state index is 12.2. The minimum absolute atomic E-state index is 0.0120. The van der Waals surface area contributed by atoms with Gasteiger partial charge in [0.1, 0.15) is 12.4 Å². The van der Waals surface area contributed by atoms with Crippen LogP contribution in [-0.2, 0) is 19.1 Å². The van der Waals surface area contributed by atoms with Gasteiger partial charge in [0.2, 0.25) is 5.91 Å². The summed E-state index contributed by atoms with van der Waals surface area (Å²) >= 11 is 0. The summed E-state index contributed by atoms with van der Waals surface area (Å²) in [5.74, 6) is 0.550. The van der Waals surface area contributed by atoms with Gasteiger partial charge in [0.25, 0.3) is 5.91 Å². The molecule has 2 rings (SSSR count). The normalized spacial score (nSPS) is 14.5. The zero-order valence-corrected chi connectivity index (χ0v) is 14.0. The summed E-state index contributed by atoms with van der Waals surface area (Å²) < 4.78 is 15.6. The van der Waals surface area contributed by atoms with E-state index in [1.807, 2.05) is 30.3 Å². The van der Waals surface area contributed by atoms with E-state index >= 15 is 0 Å². The van der Waals surface area contributed by atoms with E-state index in [0.717, 1.165) is 0 Å². The van der Waals surface area contributed by atoms with E-state index in [4.69, 9.17) is 14.2 Å². The summed E-state index contributed by atoms with van der Waals surface area (Å²) in [6.45, 7) is 3.00. The molecule has 1 aliphatic rings. The molecule has 0 bridgehead atoms. The van der Waals surface area contributed by atoms with Gasteiger partial charge in [-0.2, -0.15) is 0 Å². The number of benzene rings is 1. The lowest BCUT2D eigenvalue weighted by atomic mass is 10.3. The molecule has 2 amide bonds. The highest BCUT2D eigenvalue weighted by atomic mass is 16.5. The van der Waals surface area contributed by atoms with Crippen molar-refractivity contribution in [2.24, 2.45) is 0 Å². The highest BCUT2D eigenvalue weighted by Crippen LogP contribution is 2.09. The Morgan fingerprint density at radius 3 is 2.08 bits per heavy atom. The molecular formula is C17H24N2O5. The maximum Gasteiger partial charge on any atom is 0.260 e. The topological polar surface area (TPSA) is 68.3 Å². The van der Waals surface area contributed by atoms with E-state index in [9.17, 15) is 9.59 Å². The van der Waals surface area contributed by atoms with Crippen molar-refractivity contribution in [3.8, 4) is 5.75 Å². The molecule has 1 fully saturated rings. The third-order valence-electron chi connectivity index (χ3n) is 3.75. The van der Waals surface area contributed by atoms with E-state index in [0.29, 0.717) is 45.1 Å². The number of ether oxygens (including phenoxy) is 3. The molecule has 1 heterocycles. The number of piperazine rings is 1. The summed E-state index contributed by atoms with van der Waals surface area (Å²) in [7, 11) is 1.59. The third-order valence-corrected chi connectivity index (χ3v) is 3.75. The number of hydrogen-bond donors (Lipinski definition) is 0. The van der Waals surface area contributed by atoms with Crippen LogP contribution in [0.15, 0.2) is 30.3 Å². The van der Waals surface area contributed by atoms with E-state index in [1.54, 1.807) is 16.9 Å². The lowest BCUT2D eigenvalue weighted by Gasteiger charge is -2.34. The SMILES string of the molecule is COCCOCC(=O)N1CCN(C(=O)COc2ccccc2)CC1. The van der Waals surface area contributed by atoms with E-state index in [1.165, 1.54) is 0 Å². The van der Waals surface area contributed by atoms with Crippen LogP contribution in [0.3, 0.4) is 0 Å². The monoisotopic (exact) mass is 336 g/mol. The second-order valence-corrected chi connectivity index (χ2v) is 5.41. The summed E-state index contributed by atoms with van der Waals surface area (Å²) in [5.41, 5.74) is 0. The lowest BCUT2D eigenvalue weighted by molar-refractivity contribution is -0.143. The first-order valence-electron chi connectivity index (χ1n) is 8.01. The lowest BCUT2D eigenvalue weighted by Crippen LogP contribution is -2.52. The molecule has 0 unspecified atom stereocenters. The smallest absolute Gasteiger partial charge is 0.260 e. The molecule has 0 saturated carbocycles. The summed E-state index contributed by atoms with van der Waals surface area (Å²) in [6, 6.07) is 9.24. The van der Waals surface area contributed by atoms with Gasteiger partial charge < -0.3 is 24.0 Å². The molecule has 1 aromatic carbocycles. The zero-order chi connectivity index (χ0) is 17.2. The van der Waals surface area contributed by atoms with Gasteiger partial charge in [-0.1, -0.05) is 18.2 Å². The number of methoxy groups -OCH3 is 1. The quantitative estimate of drug-likeness (QED) is 0.643. The first kappa shape index (κ1) is 18.2. The van der Waals surface area contributed by atoms with Gasteiger partial charge in [0.15, 0.2) is 6.61 Å². The fraction of sp³-hybridized carbons (Fsp3) is 0.529. The number of carbonyl (C=O) groups excluding carboxylic acids is 2. The Bertz CT molecular complexity index is 515. The van der Waals surface area contributed by atoms with Crippen molar-refractivity contribution in [1.82, 2.24) is 9.80 Å². The summed E-state index contributed by atoms with van der Waals surface area (Å²) in [4.78, 5) is 27.6. The fourth-order valence-corrected chi connectivity index (χ4v) is 2.35. The van der Waals surface area contributed by atoms with E-state index in [-0.39, 0.29) is 25.0 Å². The van der Waals surface area contributed by atoms with Gasteiger partial charge in [-0.15, -0.1) is 0 Å². The molecular weight excluding hydrogens is 312 g/mol. The number of amides is 2. The first-order chi connectivity index (χ1) is 11.7. The van der Waals surface area contributed by atoms with Gasteiger partial charge in [0, 0.05) is 33.3 Å². The van der Waals surface area contributed by atoms with E-state index < -0.39 is 0 Å². The largest absolute Gasteiger partial charge is 0.484 e. The summed E-state index contributed by atoms with van der Waals surface area (Å²) in [5, 5.41) is 0. The maximum atomic E-state index is 12.2. The van der Waals surface area contributed by atoms with Gasteiger partial charge >= 0.3 is 0 Å². The van der Waals surface area contributed by atoms with Gasteiger partial charge in [-0.3, -0.25) is 9.59 Å². The molecule has 132 valence electrons. The molecule has 7 nitrogen and oxygen atoms in total. The van der Waals surface area contributed by atoms with Crippen LogP contribution in [0.5, 0.6) is 5.75 Å². The Morgan fingerprint density at radius 1 is 0.917 bits per heavy atom. The molecule has 0 atom stereocenters. The first-order valence-corrected chi connectivity index (χ1v) is 8.01. The highest BCUT2D eigenvalue weighted by Gasteiger charge is 2.24. The molecule has 0 N–H and O–H groups in total. The summed E-state index contributed by atoms with van der Waals surface area (Å²) in [6.07, 6.45) is 0. The molecule has 1 aromatic rings.